The summed E-state index contributed by atoms with van der Waals surface area (Å²) in [6.45, 7) is 3.88. The van der Waals surface area contributed by atoms with Crippen LogP contribution in [0.5, 0.6) is 0 Å². The van der Waals surface area contributed by atoms with Crippen molar-refractivity contribution in [3.8, 4) is 0 Å². The number of Topliss-reactive ketones (excluding diaryl/α,β-unsaturated/α-hetero) is 1. The van der Waals surface area contributed by atoms with Gasteiger partial charge in [-0.05, 0) is 18.1 Å². The normalized spacial score (nSPS) is 13.2. The second-order valence-corrected chi connectivity index (χ2v) is 5.15. The van der Waals surface area contributed by atoms with Crippen LogP contribution in [0, 0.1) is 5.92 Å². The van der Waals surface area contributed by atoms with Gasteiger partial charge in [-0.3, -0.25) is 4.79 Å². The number of rotatable bonds is 3. The van der Waals surface area contributed by atoms with Crippen LogP contribution in [0.4, 0.5) is 0 Å². The maximum absolute atomic E-state index is 12.0. The molecule has 3 nitrogen and oxygen atoms in total. The average Bonchev–Trinajstić information content (AvgIpc) is 2.70. The molecule has 2 N–H and O–H groups in total. The van der Waals surface area contributed by atoms with E-state index < -0.39 is 6.04 Å². The van der Waals surface area contributed by atoms with Crippen molar-refractivity contribution in [3.63, 3.8) is 0 Å². The first kappa shape index (κ1) is 11.2. The first-order valence-electron chi connectivity index (χ1n) is 5.25. The molecule has 2 aromatic rings. The number of hydrogen-bond donors (Lipinski definition) is 1. The van der Waals surface area contributed by atoms with Crippen LogP contribution in [0.25, 0.3) is 10.2 Å². The summed E-state index contributed by atoms with van der Waals surface area (Å²) >= 11 is 1.41. The third kappa shape index (κ3) is 1.99. The van der Waals surface area contributed by atoms with Gasteiger partial charge in [0.1, 0.15) is 0 Å². The van der Waals surface area contributed by atoms with Crippen LogP contribution >= 0.6 is 11.3 Å². The summed E-state index contributed by atoms with van der Waals surface area (Å²) in [4.78, 5) is 16.3. The zero-order chi connectivity index (χ0) is 11.7. The monoisotopic (exact) mass is 234 g/mol. The Morgan fingerprint density at radius 1 is 1.38 bits per heavy atom. The molecule has 0 amide bonds. The molecule has 4 heteroatoms. The van der Waals surface area contributed by atoms with E-state index >= 15 is 0 Å². The zero-order valence-electron chi connectivity index (χ0n) is 9.31. The fourth-order valence-electron chi connectivity index (χ4n) is 1.42. The third-order valence-electron chi connectivity index (χ3n) is 2.53. The highest BCUT2D eigenvalue weighted by Gasteiger charge is 2.22. The van der Waals surface area contributed by atoms with Gasteiger partial charge < -0.3 is 5.73 Å². The molecule has 0 saturated heterocycles. The van der Waals surface area contributed by atoms with Gasteiger partial charge in [-0.1, -0.05) is 26.0 Å². The largest absolute Gasteiger partial charge is 0.321 e. The van der Waals surface area contributed by atoms with Gasteiger partial charge >= 0.3 is 0 Å². The van der Waals surface area contributed by atoms with Crippen molar-refractivity contribution in [1.29, 1.82) is 0 Å². The van der Waals surface area contributed by atoms with Gasteiger partial charge in [0.15, 0.2) is 5.01 Å². The number of carbonyl (C=O) groups is 1. The second-order valence-electron chi connectivity index (χ2n) is 4.12. The predicted molar refractivity (Wildman–Crippen MR) is 66.8 cm³/mol. The highest BCUT2D eigenvalue weighted by atomic mass is 32.1. The summed E-state index contributed by atoms with van der Waals surface area (Å²) in [6.07, 6.45) is 0. The van der Waals surface area contributed by atoms with E-state index in [1.807, 2.05) is 38.1 Å². The number of nitrogens with two attached hydrogens (primary N) is 1. The van der Waals surface area contributed by atoms with Crippen LogP contribution < -0.4 is 5.73 Å². The van der Waals surface area contributed by atoms with Gasteiger partial charge in [-0.25, -0.2) is 4.98 Å². The number of thiazole rings is 1. The standard InChI is InChI=1S/C12H14N2OS/c1-7(2)10(13)11(15)12-14-8-5-3-4-6-9(8)16-12/h3-7,10H,13H2,1-2H3. The topological polar surface area (TPSA) is 56.0 Å². The lowest BCUT2D eigenvalue weighted by Crippen LogP contribution is -2.35. The van der Waals surface area contributed by atoms with Crippen molar-refractivity contribution >= 4 is 27.3 Å². The molecule has 1 atom stereocenters. The minimum absolute atomic E-state index is 0.0591. The molecule has 2 rings (SSSR count). The van der Waals surface area contributed by atoms with E-state index in [-0.39, 0.29) is 11.7 Å². The summed E-state index contributed by atoms with van der Waals surface area (Å²) in [5.41, 5.74) is 6.70. The molecule has 0 fully saturated rings. The molecule has 0 radical (unpaired) electrons. The lowest BCUT2D eigenvalue weighted by molar-refractivity contribution is 0.0940. The van der Waals surface area contributed by atoms with Gasteiger partial charge in [-0.15, -0.1) is 11.3 Å². The lowest BCUT2D eigenvalue weighted by Gasteiger charge is -2.11. The minimum Gasteiger partial charge on any atom is -0.321 e. The Morgan fingerprint density at radius 3 is 2.69 bits per heavy atom. The molecule has 1 aromatic carbocycles. The average molecular weight is 234 g/mol. The van der Waals surface area contributed by atoms with Crippen LogP contribution in [0.2, 0.25) is 0 Å². The number of aromatic nitrogens is 1. The summed E-state index contributed by atoms with van der Waals surface area (Å²) in [5, 5.41) is 0.516. The molecular formula is C12H14N2OS. The summed E-state index contributed by atoms with van der Waals surface area (Å²) < 4.78 is 1.03. The first-order chi connectivity index (χ1) is 7.59. The van der Waals surface area contributed by atoms with Gasteiger partial charge in [0.2, 0.25) is 5.78 Å². The number of benzene rings is 1. The molecular weight excluding hydrogens is 220 g/mol. The maximum atomic E-state index is 12.0. The van der Waals surface area contributed by atoms with E-state index in [0.717, 1.165) is 10.2 Å². The van der Waals surface area contributed by atoms with Crippen molar-refractivity contribution in [2.75, 3.05) is 0 Å². The maximum Gasteiger partial charge on any atom is 0.208 e. The van der Waals surface area contributed by atoms with E-state index in [1.165, 1.54) is 11.3 Å². The van der Waals surface area contributed by atoms with Gasteiger partial charge in [0.25, 0.3) is 0 Å². The van der Waals surface area contributed by atoms with Crippen LogP contribution in [0.1, 0.15) is 23.6 Å². The smallest absolute Gasteiger partial charge is 0.208 e. The van der Waals surface area contributed by atoms with E-state index in [1.54, 1.807) is 0 Å². The molecule has 1 aromatic heterocycles. The Hall–Kier alpha value is -1.26. The minimum atomic E-state index is -0.458. The van der Waals surface area contributed by atoms with Crippen LogP contribution in [-0.2, 0) is 0 Å². The number of hydrogen-bond acceptors (Lipinski definition) is 4. The van der Waals surface area contributed by atoms with Crippen molar-refractivity contribution in [3.05, 3.63) is 29.3 Å². The quantitative estimate of drug-likeness (QED) is 0.830. The Bertz CT molecular complexity index is 485. The molecule has 0 saturated carbocycles. The van der Waals surface area contributed by atoms with E-state index in [4.69, 9.17) is 5.73 Å². The van der Waals surface area contributed by atoms with Gasteiger partial charge in [-0.2, -0.15) is 0 Å². The molecule has 0 bridgehead atoms. The van der Waals surface area contributed by atoms with Crippen molar-refractivity contribution in [2.45, 2.75) is 19.9 Å². The molecule has 0 aliphatic rings. The zero-order valence-corrected chi connectivity index (χ0v) is 10.1. The highest BCUT2D eigenvalue weighted by Crippen LogP contribution is 2.23. The predicted octanol–water partition coefficient (Wildman–Crippen LogP) is 2.46. The van der Waals surface area contributed by atoms with Crippen molar-refractivity contribution < 1.29 is 4.79 Å². The van der Waals surface area contributed by atoms with Crippen molar-refractivity contribution in [2.24, 2.45) is 11.7 Å². The SMILES string of the molecule is CC(C)C(N)C(=O)c1nc2ccccc2s1. The van der Waals surface area contributed by atoms with Crippen LogP contribution in [-0.4, -0.2) is 16.8 Å². The number of nitrogens with zero attached hydrogens (tertiary/aromatic N) is 1. The fraction of sp³-hybridized carbons (Fsp3) is 0.333. The van der Waals surface area contributed by atoms with E-state index in [2.05, 4.69) is 4.98 Å². The van der Waals surface area contributed by atoms with E-state index in [0.29, 0.717) is 5.01 Å². The fourth-order valence-corrected chi connectivity index (χ4v) is 2.38. The Balaban J connectivity index is 2.37. The van der Waals surface area contributed by atoms with Crippen LogP contribution in [0.3, 0.4) is 0 Å². The van der Waals surface area contributed by atoms with Crippen molar-refractivity contribution in [1.82, 2.24) is 4.98 Å². The summed E-state index contributed by atoms with van der Waals surface area (Å²) in [5.74, 6) is 0.0794. The number of carbonyl (C=O) groups excluding carboxylic acids is 1. The molecule has 1 heterocycles. The molecule has 16 heavy (non-hydrogen) atoms. The molecule has 1 unspecified atom stereocenters. The molecule has 0 aliphatic carbocycles. The molecule has 0 spiro atoms. The Labute approximate surface area is 98.3 Å². The van der Waals surface area contributed by atoms with E-state index in [9.17, 15) is 4.79 Å². The number of para-hydroxylation sites is 1. The second kappa shape index (κ2) is 4.31. The summed E-state index contributed by atoms with van der Waals surface area (Å²) in [7, 11) is 0. The molecule has 84 valence electrons. The Kier molecular flexibility index (Phi) is 3.03. The van der Waals surface area contributed by atoms with Gasteiger partial charge in [0.05, 0.1) is 16.3 Å². The lowest BCUT2D eigenvalue weighted by atomic mass is 10.0. The number of fused-ring (bicyclic) bond motifs is 1. The van der Waals surface area contributed by atoms with Crippen LogP contribution in [0.15, 0.2) is 24.3 Å². The highest BCUT2D eigenvalue weighted by molar-refractivity contribution is 7.20. The number of ketones is 1. The summed E-state index contributed by atoms with van der Waals surface area (Å²) in [6, 6.07) is 7.27. The van der Waals surface area contributed by atoms with Gasteiger partial charge in [0, 0.05) is 0 Å². The third-order valence-corrected chi connectivity index (χ3v) is 3.58. The molecule has 0 aliphatic heterocycles. The first-order valence-corrected chi connectivity index (χ1v) is 6.06. The Morgan fingerprint density at radius 2 is 2.06 bits per heavy atom.